The summed E-state index contributed by atoms with van der Waals surface area (Å²) in [5.41, 5.74) is 2.86. The lowest BCUT2D eigenvalue weighted by Gasteiger charge is -2.04. The summed E-state index contributed by atoms with van der Waals surface area (Å²) in [4.78, 5) is 0. The van der Waals surface area contributed by atoms with Crippen molar-refractivity contribution in [1.82, 2.24) is 0 Å². The van der Waals surface area contributed by atoms with Crippen LogP contribution in [-0.4, -0.2) is 0 Å². The van der Waals surface area contributed by atoms with Crippen molar-refractivity contribution < 1.29 is 0 Å². The van der Waals surface area contributed by atoms with Crippen LogP contribution in [0.1, 0.15) is 161 Å². The molecule has 0 aromatic carbocycles. The average molecular weight is 391 g/mol. The highest BCUT2D eigenvalue weighted by atomic mass is 14.0. The first-order chi connectivity index (χ1) is 13.9. The van der Waals surface area contributed by atoms with Crippen LogP contribution in [0.15, 0.2) is 18.4 Å². The van der Waals surface area contributed by atoms with Gasteiger partial charge in [0, 0.05) is 0 Å². The fourth-order valence-electron chi connectivity index (χ4n) is 4.13. The molecule has 0 saturated heterocycles. The van der Waals surface area contributed by atoms with E-state index in [0.717, 1.165) is 0 Å². The molecule has 0 radical (unpaired) electrons. The zero-order chi connectivity index (χ0) is 20.4. The highest BCUT2D eigenvalue weighted by molar-refractivity contribution is 4.74. The molecular formula is C28H54. The fourth-order valence-corrected chi connectivity index (χ4v) is 4.13. The number of allylic oxidation sites excluding steroid dienone is 1. The van der Waals surface area contributed by atoms with E-state index in [9.17, 15) is 0 Å². The smallest absolute Gasteiger partial charge is 0.0275 e. The minimum Gasteiger partial charge on any atom is -0.133 e. The van der Waals surface area contributed by atoms with Crippen LogP contribution in [0.4, 0.5) is 0 Å². The van der Waals surface area contributed by atoms with Crippen molar-refractivity contribution in [3.05, 3.63) is 18.4 Å². The lowest BCUT2D eigenvalue weighted by atomic mass is 10.0. The summed E-state index contributed by atoms with van der Waals surface area (Å²) in [5.74, 6) is 0. The Morgan fingerprint density at radius 3 is 0.929 bits per heavy atom. The van der Waals surface area contributed by atoms with Gasteiger partial charge in [0.05, 0.1) is 0 Å². The zero-order valence-corrected chi connectivity index (χ0v) is 19.8. The maximum absolute atomic E-state index is 3.61. The van der Waals surface area contributed by atoms with Gasteiger partial charge >= 0.3 is 0 Å². The Morgan fingerprint density at radius 1 is 0.429 bits per heavy atom. The first-order valence-electron chi connectivity index (χ1n) is 13.3. The standard InChI is InChI=1S/C28H54/c1-3-5-7-9-11-13-15-17-19-21-23-25-27-28-26-24-22-20-18-16-14-12-10-8-6-4-2/h5H,1,4,6-28H2,2H3. The molecule has 0 amide bonds. The highest BCUT2D eigenvalue weighted by Crippen LogP contribution is 2.15. The third-order valence-corrected chi connectivity index (χ3v) is 6.10. The van der Waals surface area contributed by atoms with Gasteiger partial charge in [-0.25, -0.2) is 0 Å². The molecule has 0 fully saturated rings. The lowest BCUT2D eigenvalue weighted by Crippen LogP contribution is -1.84. The summed E-state index contributed by atoms with van der Waals surface area (Å²) in [5, 5.41) is 0. The molecule has 166 valence electrons. The molecule has 0 N–H and O–H groups in total. The van der Waals surface area contributed by atoms with E-state index < -0.39 is 0 Å². The minimum atomic E-state index is 1.17. The van der Waals surface area contributed by atoms with Crippen LogP contribution in [0.3, 0.4) is 0 Å². The third-order valence-electron chi connectivity index (χ3n) is 6.10. The Labute approximate surface area is 179 Å². The van der Waals surface area contributed by atoms with Gasteiger partial charge < -0.3 is 0 Å². The van der Waals surface area contributed by atoms with Crippen molar-refractivity contribution in [3.8, 4) is 0 Å². The van der Waals surface area contributed by atoms with E-state index >= 15 is 0 Å². The van der Waals surface area contributed by atoms with Gasteiger partial charge in [0.1, 0.15) is 0 Å². The summed E-state index contributed by atoms with van der Waals surface area (Å²) >= 11 is 0. The van der Waals surface area contributed by atoms with Crippen molar-refractivity contribution in [2.45, 2.75) is 161 Å². The first-order valence-corrected chi connectivity index (χ1v) is 13.3. The van der Waals surface area contributed by atoms with Crippen LogP contribution in [0.5, 0.6) is 0 Å². The molecule has 0 saturated carbocycles. The number of hydrogen-bond acceptors (Lipinski definition) is 0. The van der Waals surface area contributed by atoms with E-state index in [1.807, 2.05) is 0 Å². The Hall–Kier alpha value is -0.480. The van der Waals surface area contributed by atoms with Crippen LogP contribution in [0, 0.1) is 0 Å². The molecule has 0 heterocycles. The Balaban J connectivity index is 2.98. The van der Waals surface area contributed by atoms with Gasteiger partial charge in [-0.3, -0.25) is 0 Å². The Morgan fingerprint density at radius 2 is 0.679 bits per heavy atom. The topological polar surface area (TPSA) is 0 Å². The van der Waals surface area contributed by atoms with Gasteiger partial charge in [-0.15, -0.1) is 5.73 Å². The van der Waals surface area contributed by atoms with Crippen LogP contribution in [0.25, 0.3) is 0 Å². The molecule has 28 heavy (non-hydrogen) atoms. The van der Waals surface area contributed by atoms with Gasteiger partial charge in [-0.05, 0) is 18.9 Å². The largest absolute Gasteiger partial charge is 0.133 e. The molecule has 0 heteroatoms. The van der Waals surface area contributed by atoms with Crippen LogP contribution in [-0.2, 0) is 0 Å². The molecule has 0 spiro atoms. The SMILES string of the molecule is C=C=CCCCCCCCCCCCCCCCCCCCCCCCCC. The second-order valence-corrected chi connectivity index (χ2v) is 8.98. The van der Waals surface area contributed by atoms with E-state index in [1.54, 1.807) is 0 Å². The van der Waals surface area contributed by atoms with E-state index in [2.05, 4.69) is 25.3 Å². The number of hydrogen-bond donors (Lipinski definition) is 0. The summed E-state index contributed by atoms with van der Waals surface area (Å²) in [6, 6.07) is 0. The molecule has 0 aromatic rings. The second kappa shape index (κ2) is 26.5. The molecule has 0 atom stereocenters. The second-order valence-electron chi connectivity index (χ2n) is 8.98. The average Bonchev–Trinajstić information content (AvgIpc) is 2.71. The molecule has 0 rings (SSSR count). The Kier molecular flexibility index (Phi) is 26.1. The van der Waals surface area contributed by atoms with Gasteiger partial charge in [-0.1, -0.05) is 155 Å². The van der Waals surface area contributed by atoms with Crippen LogP contribution in [0.2, 0.25) is 0 Å². The lowest BCUT2D eigenvalue weighted by molar-refractivity contribution is 0.518. The molecule has 0 nitrogen and oxygen atoms in total. The summed E-state index contributed by atoms with van der Waals surface area (Å²) in [7, 11) is 0. The molecule has 0 aliphatic carbocycles. The van der Waals surface area contributed by atoms with E-state index in [4.69, 9.17) is 0 Å². The quantitative estimate of drug-likeness (QED) is 0.113. The van der Waals surface area contributed by atoms with E-state index in [-0.39, 0.29) is 0 Å². The Bertz CT molecular complexity index is 310. The van der Waals surface area contributed by atoms with Gasteiger partial charge in [0.15, 0.2) is 0 Å². The normalized spacial score (nSPS) is 10.9. The molecule has 0 unspecified atom stereocenters. The van der Waals surface area contributed by atoms with Crippen molar-refractivity contribution in [3.63, 3.8) is 0 Å². The summed E-state index contributed by atoms with van der Waals surface area (Å²) in [6.07, 6.45) is 36.7. The summed E-state index contributed by atoms with van der Waals surface area (Å²) in [6.45, 7) is 5.91. The van der Waals surface area contributed by atoms with E-state index in [1.165, 1.54) is 154 Å². The maximum atomic E-state index is 3.61. The molecule has 0 aliphatic heterocycles. The molecule has 0 bridgehead atoms. The minimum absolute atomic E-state index is 1.17. The molecular weight excluding hydrogens is 336 g/mol. The van der Waals surface area contributed by atoms with Gasteiger partial charge in [0.2, 0.25) is 0 Å². The highest BCUT2D eigenvalue weighted by Gasteiger charge is 1.95. The zero-order valence-electron chi connectivity index (χ0n) is 19.8. The number of unbranched alkanes of at least 4 members (excludes halogenated alkanes) is 23. The predicted octanol–water partition coefficient (Wildman–Crippen LogP) is 10.7. The van der Waals surface area contributed by atoms with Crippen LogP contribution < -0.4 is 0 Å². The van der Waals surface area contributed by atoms with Crippen LogP contribution >= 0.6 is 0 Å². The monoisotopic (exact) mass is 390 g/mol. The molecule has 0 aromatic heterocycles. The molecule has 0 aliphatic rings. The van der Waals surface area contributed by atoms with Crippen molar-refractivity contribution in [2.24, 2.45) is 0 Å². The fraction of sp³-hybridized carbons (Fsp3) is 0.893. The summed E-state index contributed by atoms with van der Waals surface area (Å²) < 4.78 is 0. The van der Waals surface area contributed by atoms with Gasteiger partial charge in [0.25, 0.3) is 0 Å². The van der Waals surface area contributed by atoms with Gasteiger partial charge in [-0.2, -0.15) is 0 Å². The van der Waals surface area contributed by atoms with Crippen molar-refractivity contribution in [2.75, 3.05) is 0 Å². The van der Waals surface area contributed by atoms with Crippen molar-refractivity contribution >= 4 is 0 Å². The number of rotatable bonds is 24. The van der Waals surface area contributed by atoms with Crippen molar-refractivity contribution in [1.29, 1.82) is 0 Å². The predicted molar refractivity (Wildman–Crippen MR) is 130 cm³/mol. The first kappa shape index (κ1) is 27.5. The third kappa shape index (κ3) is 25.5. The maximum Gasteiger partial charge on any atom is -0.0275 e. The van der Waals surface area contributed by atoms with E-state index in [0.29, 0.717) is 0 Å².